The van der Waals surface area contributed by atoms with Gasteiger partial charge in [0.05, 0.1) is 19.3 Å². The molecule has 1 aliphatic rings. The minimum absolute atomic E-state index is 0.0433. The van der Waals surface area contributed by atoms with Gasteiger partial charge in [0, 0.05) is 12.6 Å². The molecule has 0 spiro atoms. The number of nitrogens with two attached hydrogens (primary N) is 1. The summed E-state index contributed by atoms with van der Waals surface area (Å²) in [5.41, 5.74) is 4.83. The average Bonchev–Trinajstić information content (AvgIpc) is 3.15. The molecule has 2 unspecified atom stereocenters. The molecule has 1 saturated heterocycles. The van der Waals surface area contributed by atoms with E-state index in [-0.39, 0.29) is 18.0 Å². The topological polar surface area (TPSA) is 164 Å². The first-order valence-corrected chi connectivity index (χ1v) is 11.7. The second kappa shape index (κ2) is 10.4. The van der Waals surface area contributed by atoms with E-state index in [0.29, 0.717) is 0 Å². The van der Waals surface area contributed by atoms with Crippen molar-refractivity contribution in [1.82, 2.24) is 14.6 Å². The standard InChI is InChI=1S/C20H27N4O8P/c1-12(19(26)29-3)23-33(28,32-14-7-5-4-6-8-14)31-13(2)16-11-15(25)18(30-16)24-10-9-17(21)22-20(24)27/h4-10,12-13,15-16,18,25H,11H2,1-3H3,(H,23,28)(H2,21,22,27)/t12-,13-,15+,16?,18+,33?/m0/s1. The van der Waals surface area contributed by atoms with Gasteiger partial charge in [-0.25, -0.2) is 9.36 Å². The first-order valence-electron chi connectivity index (χ1n) is 10.2. The Kier molecular flexibility index (Phi) is 7.88. The van der Waals surface area contributed by atoms with Crippen molar-refractivity contribution in [1.29, 1.82) is 0 Å². The van der Waals surface area contributed by atoms with Crippen molar-refractivity contribution in [3.63, 3.8) is 0 Å². The highest BCUT2D eigenvalue weighted by molar-refractivity contribution is 7.52. The van der Waals surface area contributed by atoms with E-state index in [1.54, 1.807) is 37.3 Å². The van der Waals surface area contributed by atoms with Crippen molar-refractivity contribution in [2.24, 2.45) is 0 Å². The quantitative estimate of drug-likeness (QED) is 0.348. The molecule has 2 heterocycles. The molecule has 1 aromatic heterocycles. The Balaban J connectivity index is 1.77. The van der Waals surface area contributed by atoms with Gasteiger partial charge in [-0.05, 0) is 32.0 Å². The number of hydrogen-bond acceptors (Lipinski definition) is 10. The van der Waals surface area contributed by atoms with E-state index in [2.05, 4.69) is 14.8 Å². The first kappa shape index (κ1) is 24.9. The molecule has 3 rings (SSSR count). The Morgan fingerprint density at radius 3 is 2.67 bits per heavy atom. The van der Waals surface area contributed by atoms with Crippen LogP contribution in [0.4, 0.5) is 5.82 Å². The van der Waals surface area contributed by atoms with Gasteiger partial charge in [0.25, 0.3) is 0 Å². The third-order valence-corrected chi connectivity index (χ3v) is 6.71. The Labute approximate surface area is 190 Å². The average molecular weight is 482 g/mol. The zero-order valence-electron chi connectivity index (χ0n) is 18.4. The number of benzene rings is 1. The number of anilines is 1. The summed E-state index contributed by atoms with van der Waals surface area (Å²) in [6.07, 6.45) is -2.25. The van der Waals surface area contributed by atoms with Gasteiger partial charge in [0.2, 0.25) is 0 Å². The van der Waals surface area contributed by atoms with Crippen LogP contribution in [0.15, 0.2) is 47.4 Å². The van der Waals surface area contributed by atoms with Crippen molar-refractivity contribution < 1.29 is 33.0 Å². The molecule has 2 aromatic rings. The number of rotatable bonds is 9. The van der Waals surface area contributed by atoms with E-state index in [1.807, 2.05) is 0 Å². The molecular weight excluding hydrogens is 455 g/mol. The highest BCUT2D eigenvalue weighted by atomic mass is 31.2. The number of carbonyl (C=O) groups is 1. The fraction of sp³-hybridized carbons (Fsp3) is 0.450. The van der Waals surface area contributed by atoms with E-state index >= 15 is 0 Å². The maximum atomic E-state index is 13.5. The molecule has 0 saturated carbocycles. The van der Waals surface area contributed by atoms with Gasteiger partial charge in [0.15, 0.2) is 6.23 Å². The number of carbonyl (C=O) groups excluding carboxylic acids is 1. The summed E-state index contributed by atoms with van der Waals surface area (Å²) in [5, 5.41) is 13.0. The van der Waals surface area contributed by atoms with Crippen molar-refractivity contribution in [3.05, 3.63) is 53.1 Å². The molecule has 33 heavy (non-hydrogen) atoms. The summed E-state index contributed by atoms with van der Waals surface area (Å²) in [6, 6.07) is 8.70. The Morgan fingerprint density at radius 1 is 1.33 bits per heavy atom. The number of nitrogens with one attached hydrogen (secondary N) is 1. The van der Waals surface area contributed by atoms with Crippen LogP contribution in [0.5, 0.6) is 5.75 Å². The van der Waals surface area contributed by atoms with Gasteiger partial charge >= 0.3 is 19.4 Å². The smallest absolute Gasteiger partial charge is 0.459 e. The zero-order valence-corrected chi connectivity index (χ0v) is 19.3. The Bertz CT molecular complexity index is 1070. The third kappa shape index (κ3) is 6.18. The molecule has 180 valence electrons. The summed E-state index contributed by atoms with van der Waals surface area (Å²) in [6.45, 7) is 3.03. The summed E-state index contributed by atoms with van der Waals surface area (Å²) in [7, 11) is -2.91. The number of hydrogen-bond donors (Lipinski definition) is 3. The maximum Gasteiger partial charge on any atom is 0.459 e. The van der Waals surface area contributed by atoms with Crippen LogP contribution >= 0.6 is 7.75 Å². The Morgan fingerprint density at radius 2 is 2.03 bits per heavy atom. The minimum atomic E-state index is -4.11. The van der Waals surface area contributed by atoms with E-state index in [9.17, 15) is 19.3 Å². The lowest BCUT2D eigenvalue weighted by atomic mass is 10.1. The van der Waals surface area contributed by atoms with Crippen LogP contribution in [0.3, 0.4) is 0 Å². The summed E-state index contributed by atoms with van der Waals surface area (Å²) in [5.74, 6) is -0.366. The minimum Gasteiger partial charge on any atom is -0.468 e. The van der Waals surface area contributed by atoms with E-state index in [0.717, 1.165) is 4.57 Å². The van der Waals surface area contributed by atoms with Gasteiger partial charge < -0.3 is 24.8 Å². The van der Waals surface area contributed by atoms with Crippen LogP contribution in [0.25, 0.3) is 0 Å². The predicted octanol–water partition coefficient (Wildman–Crippen LogP) is 1.22. The maximum absolute atomic E-state index is 13.5. The third-order valence-electron chi connectivity index (χ3n) is 4.95. The second-order valence-corrected chi connectivity index (χ2v) is 9.14. The molecule has 0 bridgehead atoms. The van der Waals surface area contributed by atoms with Crippen LogP contribution in [0.1, 0.15) is 26.5 Å². The van der Waals surface area contributed by atoms with Crippen LogP contribution < -0.4 is 21.0 Å². The lowest BCUT2D eigenvalue weighted by Gasteiger charge is -2.27. The van der Waals surface area contributed by atoms with Crippen LogP contribution in [-0.2, 0) is 23.4 Å². The highest BCUT2D eigenvalue weighted by Gasteiger charge is 2.42. The molecule has 1 aliphatic heterocycles. The molecule has 6 atom stereocenters. The SMILES string of the molecule is COC(=O)[C@H](C)NP(=O)(Oc1ccccc1)O[C@@H](C)C1C[C@@H](O)[C@H](n2ccc(N)nc2=O)O1. The molecule has 13 heteroatoms. The number of ether oxygens (including phenoxy) is 2. The normalized spacial score (nSPS) is 23.9. The largest absolute Gasteiger partial charge is 0.468 e. The van der Waals surface area contributed by atoms with Crippen molar-refractivity contribution in [3.8, 4) is 5.75 Å². The summed E-state index contributed by atoms with van der Waals surface area (Å²) < 4.78 is 36.5. The molecular formula is C20H27N4O8P. The fourth-order valence-corrected chi connectivity index (χ4v) is 5.01. The van der Waals surface area contributed by atoms with E-state index in [4.69, 9.17) is 19.5 Å². The molecule has 0 amide bonds. The number of aromatic nitrogens is 2. The Hall–Kier alpha value is -2.76. The second-order valence-electron chi connectivity index (χ2n) is 7.50. The zero-order chi connectivity index (χ0) is 24.2. The van der Waals surface area contributed by atoms with Gasteiger partial charge in [-0.15, -0.1) is 0 Å². The molecule has 0 radical (unpaired) electrons. The van der Waals surface area contributed by atoms with Gasteiger partial charge in [-0.1, -0.05) is 18.2 Å². The number of aliphatic hydroxyl groups excluding tert-OH is 1. The number of aliphatic hydroxyl groups is 1. The first-order chi connectivity index (χ1) is 15.6. The molecule has 12 nitrogen and oxygen atoms in total. The van der Waals surface area contributed by atoms with Crippen LogP contribution in [0.2, 0.25) is 0 Å². The van der Waals surface area contributed by atoms with Crippen LogP contribution in [0, 0.1) is 0 Å². The van der Waals surface area contributed by atoms with Crippen LogP contribution in [-0.4, -0.2) is 52.1 Å². The lowest BCUT2D eigenvalue weighted by Crippen LogP contribution is -2.37. The van der Waals surface area contributed by atoms with Gasteiger partial charge in [-0.3, -0.25) is 13.9 Å². The van der Waals surface area contributed by atoms with Crippen molar-refractivity contribution in [2.45, 2.75) is 50.8 Å². The predicted molar refractivity (Wildman–Crippen MR) is 117 cm³/mol. The molecule has 4 N–H and O–H groups in total. The number of nitrogens with zero attached hydrogens (tertiary/aromatic N) is 2. The van der Waals surface area contributed by atoms with Crippen molar-refractivity contribution in [2.75, 3.05) is 12.8 Å². The highest BCUT2D eigenvalue weighted by Crippen LogP contribution is 2.47. The summed E-state index contributed by atoms with van der Waals surface area (Å²) in [4.78, 5) is 27.6. The van der Waals surface area contributed by atoms with Gasteiger partial charge in [0.1, 0.15) is 23.7 Å². The molecule has 1 aromatic carbocycles. The van der Waals surface area contributed by atoms with Crippen molar-refractivity contribution >= 4 is 19.5 Å². The van der Waals surface area contributed by atoms with E-state index in [1.165, 1.54) is 26.3 Å². The summed E-state index contributed by atoms with van der Waals surface area (Å²) >= 11 is 0. The monoisotopic (exact) mass is 482 g/mol. The molecule has 1 fully saturated rings. The number of nitrogen functional groups attached to an aromatic ring is 1. The fourth-order valence-electron chi connectivity index (χ4n) is 3.30. The number of methoxy groups -OCH3 is 1. The number of para-hydroxylation sites is 1. The van der Waals surface area contributed by atoms with Gasteiger partial charge in [-0.2, -0.15) is 10.1 Å². The molecule has 0 aliphatic carbocycles. The number of esters is 1. The lowest BCUT2D eigenvalue weighted by molar-refractivity contribution is -0.142. The van der Waals surface area contributed by atoms with E-state index < -0.39 is 50.0 Å².